The maximum absolute atomic E-state index is 12.7. The van der Waals surface area contributed by atoms with E-state index in [0.29, 0.717) is 0 Å². The molecule has 0 aliphatic heterocycles. The van der Waals surface area contributed by atoms with Gasteiger partial charge in [0, 0.05) is 5.75 Å². The van der Waals surface area contributed by atoms with E-state index in [2.05, 4.69) is 28.6 Å². The highest BCUT2D eigenvalue weighted by atomic mass is 32.1. The van der Waals surface area contributed by atoms with Gasteiger partial charge in [-0.1, -0.05) is 30.3 Å². The Morgan fingerprint density at radius 2 is 1.26 bits per heavy atom. The van der Waals surface area contributed by atoms with E-state index < -0.39 is 72.5 Å². The van der Waals surface area contributed by atoms with Crippen molar-refractivity contribution in [2.75, 3.05) is 5.75 Å². The Morgan fingerprint density at radius 3 is 1.76 bits per heavy atom. The van der Waals surface area contributed by atoms with Gasteiger partial charge in [-0.25, -0.2) is 4.79 Å². The molecule has 34 heavy (non-hydrogen) atoms. The molecular weight excluding hydrogens is 468 g/mol. The molecule has 0 spiro atoms. The van der Waals surface area contributed by atoms with E-state index in [9.17, 15) is 28.8 Å². The van der Waals surface area contributed by atoms with Gasteiger partial charge in [0.1, 0.15) is 18.1 Å². The lowest BCUT2D eigenvalue weighted by molar-refractivity contribution is -0.143. The van der Waals surface area contributed by atoms with Crippen LogP contribution in [-0.2, 0) is 35.2 Å². The summed E-state index contributed by atoms with van der Waals surface area (Å²) in [5.74, 6) is -6.30. The summed E-state index contributed by atoms with van der Waals surface area (Å²) in [6.07, 6.45) is -1.10. The van der Waals surface area contributed by atoms with Crippen LogP contribution in [-0.4, -0.2) is 70.5 Å². The molecule has 10 N–H and O–H groups in total. The largest absolute Gasteiger partial charge is 0.480 e. The van der Waals surface area contributed by atoms with Crippen molar-refractivity contribution >= 4 is 48.1 Å². The zero-order valence-electron chi connectivity index (χ0n) is 18.1. The number of hydrogen-bond acceptors (Lipinski definition) is 8. The predicted molar refractivity (Wildman–Crippen MR) is 123 cm³/mol. The van der Waals surface area contributed by atoms with E-state index in [-0.39, 0.29) is 12.2 Å². The van der Waals surface area contributed by atoms with E-state index in [4.69, 9.17) is 22.3 Å². The van der Waals surface area contributed by atoms with Crippen molar-refractivity contribution < 1.29 is 33.9 Å². The molecule has 0 fully saturated rings. The normalized spacial score (nSPS) is 14.1. The van der Waals surface area contributed by atoms with Crippen LogP contribution >= 0.6 is 12.6 Å². The van der Waals surface area contributed by atoms with Gasteiger partial charge in [0.2, 0.25) is 29.5 Å². The SMILES string of the molecule is NC(=O)CC(NC(=O)C(CS)NC(=O)C(CC(N)=O)NC(=O)C(N)Cc1ccccc1)C(=O)O. The van der Waals surface area contributed by atoms with Gasteiger partial charge in [-0.3, -0.25) is 24.0 Å². The Kier molecular flexibility index (Phi) is 11.5. The van der Waals surface area contributed by atoms with Gasteiger partial charge in [0.15, 0.2) is 0 Å². The smallest absolute Gasteiger partial charge is 0.326 e. The highest BCUT2D eigenvalue weighted by Gasteiger charge is 2.31. The molecule has 0 aromatic heterocycles. The monoisotopic (exact) mass is 496 g/mol. The zero-order chi connectivity index (χ0) is 25.8. The molecule has 1 rings (SSSR count). The molecule has 0 aliphatic rings. The van der Waals surface area contributed by atoms with Crippen LogP contribution in [0.25, 0.3) is 0 Å². The van der Waals surface area contributed by atoms with Crippen molar-refractivity contribution in [1.29, 1.82) is 0 Å². The van der Waals surface area contributed by atoms with Gasteiger partial charge in [-0.05, 0) is 12.0 Å². The molecule has 4 atom stereocenters. The Bertz CT molecular complexity index is 914. The van der Waals surface area contributed by atoms with Crippen molar-refractivity contribution in [3.8, 4) is 0 Å². The number of amides is 5. The molecule has 0 saturated carbocycles. The number of carbonyl (C=O) groups excluding carboxylic acids is 5. The molecular formula is C20H28N6O7S. The fraction of sp³-hybridized carbons (Fsp3) is 0.400. The third-order valence-electron chi connectivity index (χ3n) is 4.51. The quantitative estimate of drug-likeness (QED) is 0.122. The third-order valence-corrected chi connectivity index (χ3v) is 4.87. The first-order valence-electron chi connectivity index (χ1n) is 10.1. The number of thiol groups is 1. The number of nitrogens with one attached hydrogen (secondary N) is 3. The summed E-state index contributed by atoms with van der Waals surface area (Å²) < 4.78 is 0. The van der Waals surface area contributed by atoms with Crippen LogP contribution in [0.2, 0.25) is 0 Å². The fourth-order valence-corrected chi connectivity index (χ4v) is 3.05. The van der Waals surface area contributed by atoms with Crippen molar-refractivity contribution in [2.24, 2.45) is 17.2 Å². The second kappa shape index (κ2) is 13.8. The highest BCUT2D eigenvalue weighted by molar-refractivity contribution is 7.80. The maximum atomic E-state index is 12.7. The molecule has 0 heterocycles. The van der Waals surface area contributed by atoms with E-state index >= 15 is 0 Å². The molecule has 14 heteroatoms. The van der Waals surface area contributed by atoms with Crippen molar-refractivity contribution in [3.63, 3.8) is 0 Å². The second-order valence-electron chi connectivity index (χ2n) is 7.34. The second-order valence-corrected chi connectivity index (χ2v) is 7.71. The Labute approximate surface area is 200 Å². The Morgan fingerprint density at radius 1 is 0.794 bits per heavy atom. The van der Waals surface area contributed by atoms with Gasteiger partial charge in [0.25, 0.3) is 0 Å². The number of primary amides is 2. The maximum Gasteiger partial charge on any atom is 0.326 e. The molecule has 0 aliphatic carbocycles. The summed E-state index contributed by atoms with van der Waals surface area (Å²) in [4.78, 5) is 71.2. The van der Waals surface area contributed by atoms with Crippen LogP contribution in [0.15, 0.2) is 30.3 Å². The molecule has 0 saturated heterocycles. The van der Waals surface area contributed by atoms with Gasteiger partial charge in [-0.15, -0.1) is 0 Å². The summed E-state index contributed by atoms with van der Waals surface area (Å²) in [6, 6.07) is 3.37. The van der Waals surface area contributed by atoms with Crippen LogP contribution in [0.4, 0.5) is 0 Å². The summed E-state index contributed by atoms with van der Waals surface area (Å²) in [7, 11) is 0. The first-order valence-corrected chi connectivity index (χ1v) is 10.7. The van der Waals surface area contributed by atoms with Crippen LogP contribution in [0, 0.1) is 0 Å². The van der Waals surface area contributed by atoms with Crippen LogP contribution < -0.4 is 33.2 Å². The van der Waals surface area contributed by atoms with Crippen molar-refractivity contribution in [2.45, 2.75) is 43.4 Å². The molecule has 13 nitrogen and oxygen atoms in total. The number of carboxylic acids is 1. The number of aliphatic carboxylic acids is 1. The van der Waals surface area contributed by atoms with Crippen LogP contribution in [0.1, 0.15) is 18.4 Å². The summed E-state index contributed by atoms with van der Waals surface area (Å²) >= 11 is 3.96. The summed E-state index contributed by atoms with van der Waals surface area (Å²) in [6.45, 7) is 0. The molecule has 1 aromatic carbocycles. The Hall–Kier alpha value is -3.65. The average Bonchev–Trinajstić information content (AvgIpc) is 2.76. The molecule has 1 aromatic rings. The minimum absolute atomic E-state index is 0.162. The standard InChI is InChI=1S/C20H28N6O7S/c21-11(6-10-4-2-1-3-5-10)17(29)24-12(7-15(22)27)18(30)26-14(9-34)19(31)25-13(20(32)33)8-16(23)28/h1-5,11-14,34H,6-9,21H2,(H2,22,27)(H2,23,28)(H,24,29)(H,25,31)(H,26,30)(H,32,33). The summed E-state index contributed by atoms with van der Waals surface area (Å²) in [5, 5.41) is 15.8. The van der Waals surface area contributed by atoms with Gasteiger partial charge in [0.05, 0.1) is 18.9 Å². The average molecular weight is 497 g/mol. The first-order chi connectivity index (χ1) is 15.9. The van der Waals surface area contributed by atoms with Crippen molar-refractivity contribution in [3.05, 3.63) is 35.9 Å². The van der Waals surface area contributed by atoms with Gasteiger partial charge >= 0.3 is 5.97 Å². The molecule has 0 radical (unpaired) electrons. The third kappa shape index (κ3) is 9.87. The lowest BCUT2D eigenvalue weighted by atomic mass is 10.1. The number of hydrogen-bond donors (Lipinski definition) is 8. The molecule has 5 amide bonds. The van der Waals surface area contributed by atoms with E-state index in [1.807, 2.05) is 0 Å². The van der Waals surface area contributed by atoms with Crippen LogP contribution in [0.5, 0.6) is 0 Å². The fourth-order valence-electron chi connectivity index (χ4n) is 2.79. The molecule has 4 unspecified atom stereocenters. The van der Waals surface area contributed by atoms with E-state index in [1.54, 1.807) is 30.3 Å². The highest BCUT2D eigenvalue weighted by Crippen LogP contribution is 2.04. The first kappa shape index (κ1) is 28.4. The minimum Gasteiger partial charge on any atom is -0.480 e. The predicted octanol–water partition coefficient (Wildman–Crippen LogP) is -3.22. The number of nitrogens with two attached hydrogens (primary N) is 3. The lowest BCUT2D eigenvalue weighted by Gasteiger charge is -2.23. The van der Waals surface area contributed by atoms with E-state index in [1.165, 1.54) is 0 Å². The zero-order valence-corrected chi connectivity index (χ0v) is 19.0. The van der Waals surface area contributed by atoms with Gasteiger partial charge in [-0.2, -0.15) is 12.6 Å². The van der Waals surface area contributed by atoms with Crippen LogP contribution in [0.3, 0.4) is 0 Å². The number of rotatable bonds is 14. The number of carboxylic acid groups (broad SMARTS) is 1. The minimum atomic E-state index is -1.62. The molecule has 186 valence electrons. The number of benzene rings is 1. The molecule has 0 bridgehead atoms. The van der Waals surface area contributed by atoms with Gasteiger partial charge < -0.3 is 38.3 Å². The van der Waals surface area contributed by atoms with E-state index in [0.717, 1.165) is 5.56 Å². The lowest BCUT2D eigenvalue weighted by Crippen LogP contribution is -2.58. The summed E-state index contributed by atoms with van der Waals surface area (Å²) in [5.41, 5.74) is 16.8. The number of carbonyl (C=O) groups is 6. The Balaban J connectivity index is 2.86. The topological polar surface area (TPSA) is 237 Å². The van der Waals surface area contributed by atoms with Crippen molar-refractivity contribution in [1.82, 2.24) is 16.0 Å².